The van der Waals surface area contributed by atoms with Crippen molar-refractivity contribution in [1.82, 2.24) is 9.97 Å². The first-order valence-corrected chi connectivity index (χ1v) is 6.55. The van der Waals surface area contributed by atoms with Gasteiger partial charge in [0.2, 0.25) is 11.9 Å². The number of carbonyl (C=O) groups is 1. The van der Waals surface area contributed by atoms with E-state index in [1.807, 2.05) is 24.3 Å². The molecule has 1 aliphatic rings. The average Bonchev–Trinajstić information content (AvgIpc) is 2.81. The van der Waals surface area contributed by atoms with E-state index >= 15 is 0 Å². The van der Waals surface area contributed by atoms with Crippen molar-refractivity contribution < 1.29 is 9.53 Å². The van der Waals surface area contributed by atoms with Gasteiger partial charge in [0.05, 0.1) is 0 Å². The van der Waals surface area contributed by atoms with E-state index in [-0.39, 0.29) is 17.8 Å². The number of nitrogens with zero attached hydrogens (tertiary/aromatic N) is 2. The zero-order valence-corrected chi connectivity index (χ0v) is 11.5. The fourth-order valence-electron chi connectivity index (χ4n) is 2.16. The van der Waals surface area contributed by atoms with E-state index in [0.717, 1.165) is 11.3 Å². The number of aryl methyl sites for hydroxylation is 1. The van der Waals surface area contributed by atoms with Crippen LogP contribution in [0.15, 0.2) is 30.3 Å². The number of amides is 1. The number of anilines is 1. The molecular formula is C14H12ClN3O2. The van der Waals surface area contributed by atoms with Gasteiger partial charge in [0, 0.05) is 11.3 Å². The lowest BCUT2D eigenvalue weighted by molar-refractivity contribution is -0.117. The van der Waals surface area contributed by atoms with Crippen molar-refractivity contribution in [3.8, 4) is 5.75 Å². The first-order chi connectivity index (χ1) is 9.63. The van der Waals surface area contributed by atoms with Gasteiger partial charge in [-0.25, -0.2) is 9.97 Å². The molecule has 0 spiro atoms. The highest BCUT2D eigenvalue weighted by Gasteiger charge is 2.30. The van der Waals surface area contributed by atoms with Crippen molar-refractivity contribution in [3.05, 3.63) is 46.7 Å². The van der Waals surface area contributed by atoms with Crippen molar-refractivity contribution in [3.63, 3.8) is 0 Å². The van der Waals surface area contributed by atoms with Gasteiger partial charge in [-0.15, -0.1) is 0 Å². The molecule has 6 heteroatoms. The van der Waals surface area contributed by atoms with E-state index in [4.69, 9.17) is 16.3 Å². The van der Waals surface area contributed by atoms with E-state index in [1.54, 1.807) is 13.0 Å². The average molecular weight is 290 g/mol. The molecule has 0 saturated heterocycles. The van der Waals surface area contributed by atoms with Gasteiger partial charge in [-0.1, -0.05) is 29.8 Å². The first kappa shape index (κ1) is 12.9. The Labute approximate surface area is 121 Å². The Morgan fingerprint density at radius 2 is 2.20 bits per heavy atom. The van der Waals surface area contributed by atoms with E-state index in [0.29, 0.717) is 17.5 Å². The number of carbonyl (C=O) groups excluding carboxylic acids is 1. The van der Waals surface area contributed by atoms with Crippen LogP contribution in [-0.4, -0.2) is 22.5 Å². The number of ether oxygens (including phenoxy) is 1. The van der Waals surface area contributed by atoms with Crippen molar-refractivity contribution in [2.24, 2.45) is 0 Å². The van der Waals surface area contributed by atoms with Crippen molar-refractivity contribution in [2.45, 2.75) is 12.8 Å². The molecule has 0 saturated carbocycles. The van der Waals surface area contributed by atoms with Crippen LogP contribution in [0, 0.1) is 6.92 Å². The molecule has 102 valence electrons. The second-order valence-corrected chi connectivity index (χ2v) is 4.93. The molecule has 3 rings (SSSR count). The number of para-hydroxylation sites is 1. The van der Waals surface area contributed by atoms with Gasteiger partial charge in [-0.2, -0.15) is 0 Å². The lowest BCUT2D eigenvalue weighted by Gasteiger charge is -2.09. The molecule has 1 aromatic heterocycles. The summed E-state index contributed by atoms with van der Waals surface area (Å²) in [6.45, 7) is 2.11. The lowest BCUT2D eigenvalue weighted by Crippen LogP contribution is -2.23. The van der Waals surface area contributed by atoms with Gasteiger partial charge >= 0.3 is 0 Å². The fourth-order valence-corrected chi connectivity index (χ4v) is 2.40. The maximum atomic E-state index is 12.3. The predicted molar refractivity (Wildman–Crippen MR) is 75.1 cm³/mol. The van der Waals surface area contributed by atoms with Crippen LogP contribution in [0.1, 0.15) is 17.2 Å². The summed E-state index contributed by atoms with van der Waals surface area (Å²) >= 11 is 5.85. The quantitative estimate of drug-likeness (QED) is 0.863. The third-order valence-corrected chi connectivity index (χ3v) is 3.27. The number of hydrogen-bond acceptors (Lipinski definition) is 4. The summed E-state index contributed by atoms with van der Waals surface area (Å²) in [6, 6.07) is 9.13. The standard InChI is InChI=1S/C14H12ClN3O2/c1-8-6-12(15)17-14(16-8)18-13(19)10-7-20-11-5-3-2-4-9(10)11/h2-6,10H,7H2,1H3,(H,16,17,18,19). The Kier molecular flexibility index (Phi) is 3.28. The summed E-state index contributed by atoms with van der Waals surface area (Å²) in [6.07, 6.45) is 0. The molecule has 1 amide bonds. The SMILES string of the molecule is Cc1cc(Cl)nc(NC(=O)C2COc3ccccc32)n1. The number of hydrogen-bond donors (Lipinski definition) is 1. The number of benzene rings is 1. The molecule has 0 radical (unpaired) electrons. The number of rotatable bonds is 2. The van der Waals surface area contributed by atoms with E-state index < -0.39 is 0 Å². The van der Waals surface area contributed by atoms with Crippen LogP contribution in [0.2, 0.25) is 5.15 Å². The molecule has 1 unspecified atom stereocenters. The number of nitrogens with one attached hydrogen (secondary N) is 1. The van der Waals surface area contributed by atoms with Gasteiger partial charge in [0.15, 0.2) is 0 Å². The van der Waals surface area contributed by atoms with Crippen LogP contribution < -0.4 is 10.1 Å². The van der Waals surface area contributed by atoms with E-state index in [1.165, 1.54) is 0 Å². The van der Waals surface area contributed by atoms with Crippen LogP contribution in [0.5, 0.6) is 5.75 Å². The van der Waals surface area contributed by atoms with Crippen LogP contribution in [0.3, 0.4) is 0 Å². The first-order valence-electron chi connectivity index (χ1n) is 6.17. The normalized spacial score (nSPS) is 16.4. The van der Waals surface area contributed by atoms with Crippen LogP contribution in [0.4, 0.5) is 5.95 Å². The Morgan fingerprint density at radius 3 is 3.00 bits per heavy atom. The molecule has 1 N–H and O–H groups in total. The van der Waals surface area contributed by atoms with Crippen LogP contribution in [-0.2, 0) is 4.79 Å². The Hall–Kier alpha value is -2.14. The zero-order valence-electron chi connectivity index (χ0n) is 10.8. The van der Waals surface area contributed by atoms with Crippen molar-refractivity contribution in [1.29, 1.82) is 0 Å². The highest BCUT2D eigenvalue weighted by Crippen LogP contribution is 2.33. The molecule has 1 aliphatic heterocycles. The third kappa shape index (κ3) is 2.44. The summed E-state index contributed by atoms with van der Waals surface area (Å²) in [7, 11) is 0. The van der Waals surface area contributed by atoms with Crippen LogP contribution in [0.25, 0.3) is 0 Å². The summed E-state index contributed by atoms with van der Waals surface area (Å²) in [4.78, 5) is 20.4. The largest absolute Gasteiger partial charge is 0.492 e. The maximum absolute atomic E-state index is 12.3. The van der Waals surface area contributed by atoms with Crippen molar-refractivity contribution >= 4 is 23.5 Å². The molecule has 2 aromatic rings. The fraction of sp³-hybridized carbons (Fsp3) is 0.214. The van der Waals surface area contributed by atoms with Gasteiger partial charge in [0.25, 0.3) is 0 Å². The van der Waals surface area contributed by atoms with Gasteiger partial charge in [0.1, 0.15) is 23.4 Å². The number of halogens is 1. The third-order valence-electron chi connectivity index (χ3n) is 3.07. The number of aromatic nitrogens is 2. The topological polar surface area (TPSA) is 64.1 Å². The highest BCUT2D eigenvalue weighted by molar-refractivity contribution is 6.29. The summed E-state index contributed by atoms with van der Waals surface area (Å²) in [5.41, 5.74) is 1.58. The smallest absolute Gasteiger partial charge is 0.237 e. The predicted octanol–water partition coefficient (Wildman–Crippen LogP) is 2.55. The molecule has 0 fully saturated rings. The molecule has 5 nitrogen and oxygen atoms in total. The molecule has 0 aliphatic carbocycles. The Morgan fingerprint density at radius 1 is 1.40 bits per heavy atom. The second kappa shape index (κ2) is 5.09. The van der Waals surface area contributed by atoms with Gasteiger partial charge < -0.3 is 4.74 Å². The molecule has 1 atom stereocenters. The molecule has 20 heavy (non-hydrogen) atoms. The lowest BCUT2D eigenvalue weighted by atomic mass is 10.0. The minimum absolute atomic E-state index is 0.198. The van der Waals surface area contributed by atoms with Crippen LogP contribution >= 0.6 is 11.6 Å². The van der Waals surface area contributed by atoms with Crippen molar-refractivity contribution in [2.75, 3.05) is 11.9 Å². The monoisotopic (exact) mass is 289 g/mol. The summed E-state index contributed by atoms with van der Waals surface area (Å²) < 4.78 is 5.49. The van der Waals surface area contributed by atoms with Gasteiger partial charge in [-0.3, -0.25) is 10.1 Å². The highest BCUT2D eigenvalue weighted by atomic mass is 35.5. The molecule has 0 bridgehead atoms. The van der Waals surface area contributed by atoms with E-state index in [9.17, 15) is 4.79 Å². The molecule has 1 aromatic carbocycles. The molecular weight excluding hydrogens is 278 g/mol. The minimum atomic E-state index is -0.353. The minimum Gasteiger partial charge on any atom is -0.492 e. The van der Waals surface area contributed by atoms with Gasteiger partial charge in [-0.05, 0) is 19.1 Å². The zero-order chi connectivity index (χ0) is 14.1. The Balaban J connectivity index is 1.81. The Bertz CT molecular complexity index is 655. The second-order valence-electron chi connectivity index (χ2n) is 4.55. The summed E-state index contributed by atoms with van der Waals surface area (Å²) in [5.74, 6) is 0.408. The molecule has 2 heterocycles. The van der Waals surface area contributed by atoms with E-state index in [2.05, 4.69) is 15.3 Å². The summed E-state index contributed by atoms with van der Waals surface area (Å²) in [5, 5.41) is 2.98. The number of fused-ring (bicyclic) bond motifs is 1. The maximum Gasteiger partial charge on any atom is 0.237 e.